The number of hydrogen-bond donors (Lipinski definition) is 0. The number of carbonyl (C=O) groups is 1. The summed E-state index contributed by atoms with van der Waals surface area (Å²) in [5.74, 6) is 2.38. The fourth-order valence-corrected chi connectivity index (χ4v) is 2.72. The number of allylic oxidation sites excluding steroid dienone is 2. The molecule has 0 aliphatic heterocycles. The molecule has 2 atom stereocenters. The van der Waals surface area contributed by atoms with Crippen LogP contribution >= 0.6 is 11.8 Å². The molecule has 1 fully saturated rings. The van der Waals surface area contributed by atoms with E-state index in [2.05, 4.69) is 40.7 Å². The third-order valence-electron chi connectivity index (χ3n) is 3.35. The Morgan fingerprint density at radius 1 is 1.41 bits per heavy atom. The van der Waals surface area contributed by atoms with Gasteiger partial charge in [0.2, 0.25) is 0 Å². The van der Waals surface area contributed by atoms with E-state index in [1.807, 2.05) is 0 Å². The highest BCUT2D eigenvalue weighted by Gasteiger charge is 2.61. The number of thioether (sulfide) groups is 1. The molecule has 2 nitrogen and oxygen atoms in total. The molecule has 0 amide bonds. The first-order valence-electron chi connectivity index (χ1n) is 6.30. The Balaban J connectivity index is 2.41. The summed E-state index contributed by atoms with van der Waals surface area (Å²) in [4.78, 5) is 11.9. The third-order valence-corrected chi connectivity index (χ3v) is 4.22. The minimum absolute atomic E-state index is 0.0193. The second-order valence-corrected chi connectivity index (χ2v) is 6.83. The van der Waals surface area contributed by atoms with Gasteiger partial charge in [0, 0.05) is 5.75 Å². The molecule has 1 saturated carbocycles. The summed E-state index contributed by atoms with van der Waals surface area (Å²) in [5.41, 5.74) is 1.35. The maximum absolute atomic E-state index is 11.9. The molecule has 98 valence electrons. The third kappa shape index (κ3) is 3.77. The fraction of sp³-hybridized carbons (Fsp3) is 0.786. The van der Waals surface area contributed by atoms with Crippen molar-refractivity contribution in [3.63, 3.8) is 0 Å². The predicted octanol–water partition coefficient (Wildman–Crippen LogP) is 3.52. The summed E-state index contributed by atoms with van der Waals surface area (Å²) in [5, 5.41) is 0. The zero-order chi connectivity index (χ0) is 13.1. The van der Waals surface area contributed by atoms with Crippen molar-refractivity contribution < 1.29 is 9.53 Å². The van der Waals surface area contributed by atoms with E-state index >= 15 is 0 Å². The van der Waals surface area contributed by atoms with Crippen molar-refractivity contribution in [2.75, 3.05) is 18.1 Å². The number of rotatable bonds is 6. The summed E-state index contributed by atoms with van der Waals surface area (Å²) in [7, 11) is 0. The van der Waals surface area contributed by atoms with E-state index in [0.717, 1.165) is 11.5 Å². The molecule has 17 heavy (non-hydrogen) atoms. The molecular weight excluding hydrogens is 232 g/mol. The van der Waals surface area contributed by atoms with Crippen LogP contribution in [0.15, 0.2) is 11.6 Å². The molecule has 0 heterocycles. The first kappa shape index (κ1) is 14.6. The summed E-state index contributed by atoms with van der Waals surface area (Å²) in [6.45, 7) is 11.1. The Bertz CT molecular complexity index is 303. The first-order chi connectivity index (χ1) is 7.91. The van der Waals surface area contributed by atoms with Gasteiger partial charge in [0.05, 0.1) is 5.92 Å². The van der Waals surface area contributed by atoms with Crippen molar-refractivity contribution in [1.29, 1.82) is 0 Å². The normalized spacial score (nSPS) is 25.2. The largest absolute Gasteiger partial charge is 0.465 e. The SMILES string of the molecule is CCSCCOC(=O)[C@@H]1[C@@H](C=C(C)C)C1(C)C. The van der Waals surface area contributed by atoms with Gasteiger partial charge in [0.15, 0.2) is 0 Å². The Labute approximate surface area is 109 Å². The smallest absolute Gasteiger partial charge is 0.310 e. The molecule has 0 radical (unpaired) electrons. The highest BCUT2D eigenvalue weighted by Crippen LogP contribution is 2.59. The monoisotopic (exact) mass is 256 g/mol. The lowest BCUT2D eigenvalue weighted by molar-refractivity contribution is -0.145. The lowest BCUT2D eigenvalue weighted by Gasteiger charge is -2.04. The van der Waals surface area contributed by atoms with Gasteiger partial charge in [-0.15, -0.1) is 0 Å². The highest BCUT2D eigenvalue weighted by molar-refractivity contribution is 7.99. The molecule has 1 rings (SSSR count). The minimum Gasteiger partial charge on any atom is -0.465 e. The van der Waals surface area contributed by atoms with E-state index in [4.69, 9.17) is 4.74 Å². The zero-order valence-corrected chi connectivity index (χ0v) is 12.4. The van der Waals surface area contributed by atoms with Crippen LogP contribution in [0.4, 0.5) is 0 Å². The van der Waals surface area contributed by atoms with Crippen LogP contribution in [0, 0.1) is 17.3 Å². The molecule has 0 bridgehead atoms. The van der Waals surface area contributed by atoms with Gasteiger partial charge in [-0.3, -0.25) is 4.79 Å². The van der Waals surface area contributed by atoms with E-state index in [0.29, 0.717) is 12.5 Å². The number of hydrogen-bond acceptors (Lipinski definition) is 3. The van der Waals surface area contributed by atoms with Crippen LogP contribution in [0.5, 0.6) is 0 Å². The van der Waals surface area contributed by atoms with E-state index < -0.39 is 0 Å². The van der Waals surface area contributed by atoms with Crippen LogP contribution in [0.3, 0.4) is 0 Å². The summed E-state index contributed by atoms with van der Waals surface area (Å²) >= 11 is 1.80. The van der Waals surface area contributed by atoms with Gasteiger partial charge in [0.1, 0.15) is 6.61 Å². The lowest BCUT2D eigenvalue weighted by Crippen LogP contribution is -2.12. The molecule has 1 aliphatic carbocycles. The van der Waals surface area contributed by atoms with Gasteiger partial charge in [-0.25, -0.2) is 0 Å². The maximum atomic E-state index is 11.9. The molecule has 3 heteroatoms. The Morgan fingerprint density at radius 3 is 2.59 bits per heavy atom. The van der Waals surface area contributed by atoms with Gasteiger partial charge in [-0.1, -0.05) is 32.4 Å². The number of esters is 1. The molecular formula is C14H24O2S. The van der Waals surface area contributed by atoms with Crippen LogP contribution in [-0.2, 0) is 9.53 Å². The molecule has 0 unspecified atom stereocenters. The standard InChI is InChI=1S/C14H24O2S/c1-6-17-8-7-16-13(15)12-11(9-10(2)3)14(12,4)5/h9,11-12H,6-8H2,1-5H3/t11-,12+/m1/s1. The molecule has 0 spiro atoms. The average molecular weight is 256 g/mol. The van der Waals surface area contributed by atoms with Crippen molar-refractivity contribution >= 4 is 17.7 Å². The Hall–Kier alpha value is -0.440. The Morgan fingerprint density at radius 2 is 2.06 bits per heavy atom. The molecule has 1 aliphatic rings. The summed E-state index contributed by atoms with van der Waals surface area (Å²) < 4.78 is 5.33. The van der Waals surface area contributed by atoms with Gasteiger partial charge in [-0.2, -0.15) is 11.8 Å². The van der Waals surface area contributed by atoms with Crippen LogP contribution in [0.2, 0.25) is 0 Å². The Kier molecular flexibility index (Phi) is 5.11. The topological polar surface area (TPSA) is 26.3 Å². The van der Waals surface area contributed by atoms with Gasteiger partial charge in [-0.05, 0) is 30.9 Å². The van der Waals surface area contributed by atoms with Crippen LogP contribution in [0.25, 0.3) is 0 Å². The number of carbonyl (C=O) groups excluding carboxylic acids is 1. The van der Waals surface area contributed by atoms with E-state index in [9.17, 15) is 4.79 Å². The summed E-state index contributed by atoms with van der Waals surface area (Å²) in [6, 6.07) is 0. The molecule has 0 aromatic rings. The van der Waals surface area contributed by atoms with E-state index in [1.165, 1.54) is 5.57 Å². The second kappa shape index (κ2) is 5.94. The highest BCUT2D eigenvalue weighted by atomic mass is 32.2. The predicted molar refractivity (Wildman–Crippen MR) is 74.2 cm³/mol. The fourth-order valence-electron chi connectivity index (χ4n) is 2.23. The molecule has 0 N–H and O–H groups in total. The summed E-state index contributed by atoms with van der Waals surface area (Å²) in [6.07, 6.45) is 2.20. The average Bonchev–Trinajstić information content (AvgIpc) is 2.74. The van der Waals surface area contributed by atoms with Crippen LogP contribution in [-0.4, -0.2) is 24.1 Å². The van der Waals surface area contributed by atoms with E-state index in [1.54, 1.807) is 11.8 Å². The van der Waals surface area contributed by atoms with Gasteiger partial charge in [0.25, 0.3) is 0 Å². The van der Waals surface area contributed by atoms with Crippen molar-refractivity contribution in [3.8, 4) is 0 Å². The van der Waals surface area contributed by atoms with E-state index in [-0.39, 0.29) is 17.3 Å². The van der Waals surface area contributed by atoms with Crippen molar-refractivity contribution in [2.45, 2.75) is 34.6 Å². The zero-order valence-electron chi connectivity index (χ0n) is 11.6. The second-order valence-electron chi connectivity index (χ2n) is 5.43. The maximum Gasteiger partial charge on any atom is 0.310 e. The van der Waals surface area contributed by atoms with Crippen molar-refractivity contribution in [3.05, 3.63) is 11.6 Å². The molecule has 0 saturated heterocycles. The molecule has 0 aromatic heterocycles. The van der Waals surface area contributed by atoms with Gasteiger partial charge < -0.3 is 4.74 Å². The first-order valence-corrected chi connectivity index (χ1v) is 7.46. The number of ether oxygens (including phenoxy) is 1. The minimum atomic E-state index is -0.0193. The lowest BCUT2D eigenvalue weighted by atomic mass is 10.1. The van der Waals surface area contributed by atoms with Gasteiger partial charge >= 0.3 is 5.97 Å². The quantitative estimate of drug-likeness (QED) is 0.413. The van der Waals surface area contributed by atoms with Crippen LogP contribution in [0.1, 0.15) is 34.6 Å². The van der Waals surface area contributed by atoms with Crippen LogP contribution < -0.4 is 0 Å². The van der Waals surface area contributed by atoms with Crippen molar-refractivity contribution in [2.24, 2.45) is 17.3 Å². The molecule has 0 aromatic carbocycles. The van der Waals surface area contributed by atoms with Crippen molar-refractivity contribution in [1.82, 2.24) is 0 Å².